The summed E-state index contributed by atoms with van der Waals surface area (Å²) in [6.07, 6.45) is 0. The van der Waals surface area contributed by atoms with Crippen molar-refractivity contribution < 1.29 is 0 Å². The molecular weight excluding hydrogens is 1420 g/mol. The van der Waals surface area contributed by atoms with Crippen molar-refractivity contribution in [2.24, 2.45) is 0 Å². The van der Waals surface area contributed by atoms with Gasteiger partial charge in [-0.3, -0.25) is 0 Å². The minimum Gasteiger partial charge on any atom is -0.208 e. The monoisotopic (exact) mass is 1490 g/mol. The van der Waals surface area contributed by atoms with E-state index in [1.54, 1.807) is 22.7 Å². The van der Waals surface area contributed by atoms with Gasteiger partial charge in [0.1, 0.15) is 0 Å². The zero-order valence-electron chi connectivity index (χ0n) is 61.6. The zero-order valence-corrected chi connectivity index (χ0v) is 63.2. The third-order valence-electron chi connectivity index (χ3n) is 21.9. The Morgan fingerprint density at radius 3 is 0.921 bits per heavy atom. The number of aromatic nitrogens is 6. The van der Waals surface area contributed by atoms with Gasteiger partial charge in [0.05, 0.1) is 0 Å². The van der Waals surface area contributed by atoms with Crippen molar-refractivity contribution in [2.45, 2.75) is 0 Å². The molecule has 0 bridgehead atoms. The number of rotatable bonds is 12. The summed E-state index contributed by atoms with van der Waals surface area (Å²) in [6.45, 7) is 0. The number of hydrogen-bond donors (Lipinski definition) is 0. The lowest BCUT2D eigenvalue weighted by Gasteiger charge is -2.16. The van der Waals surface area contributed by atoms with Gasteiger partial charge < -0.3 is 0 Å². The highest BCUT2D eigenvalue weighted by Gasteiger charge is 2.25. The van der Waals surface area contributed by atoms with Crippen molar-refractivity contribution in [3.05, 3.63) is 400 Å². The first-order valence-electron chi connectivity index (χ1n) is 38.4. The van der Waals surface area contributed by atoms with Crippen LogP contribution < -0.4 is 0 Å². The second-order valence-electron chi connectivity index (χ2n) is 28.7. The molecule has 0 atom stereocenters. The Labute approximate surface area is 666 Å². The van der Waals surface area contributed by atoms with Gasteiger partial charge in [0.15, 0.2) is 34.9 Å². The van der Waals surface area contributed by atoms with Crippen LogP contribution in [-0.4, -0.2) is 29.9 Å². The molecule has 0 saturated heterocycles. The maximum absolute atomic E-state index is 5.42. The van der Waals surface area contributed by atoms with Crippen LogP contribution in [0, 0.1) is 0 Å². The Bertz CT molecular complexity index is 7430. The highest BCUT2D eigenvalue weighted by Crippen LogP contribution is 2.46. The van der Waals surface area contributed by atoms with Crippen LogP contribution in [0.4, 0.5) is 0 Å². The Morgan fingerprint density at radius 1 is 0.149 bits per heavy atom. The standard InChI is InChI=1S/2C53H33N3S/c1-2-12-34(13-3-1)35-24-26-36(27-25-35)37-28-30-40(31-29-37)51-54-52(47-22-11-21-46-44-19-8-9-23-48(44)57-50(46)47)56-53(55-51)49-42-18-7-5-15-39(42)32-33-45(49)43-20-10-16-38-14-4-6-17-41(38)43;1-2-11-34(12-3-1)36-21-23-37(24-22-36)38-25-28-40(29-26-38)51-54-52(47-19-10-18-46-45-17-8-9-20-48(45)57-50(46)47)56-53(55-51)49-43-16-7-6-14-39(43)31-32-44(49)42-30-27-35-13-4-5-15-41(35)33-42/h2*1-33H. The van der Waals surface area contributed by atoms with Crippen LogP contribution >= 0.6 is 22.7 Å². The van der Waals surface area contributed by atoms with E-state index in [1.807, 2.05) is 12.1 Å². The number of fused-ring (bicyclic) bond motifs is 10. The molecule has 22 aromatic rings. The van der Waals surface area contributed by atoms with Gasteiger partial charge in [-0.15, -0.1) is 22.7 Å². The number of benzene rings is 18. The Morgan fingerprint density at radius 2 is 0.447 bits per heavy atom. The smallest absolute Gasteiger partial charge is 0.165 e. The summed E-state index contributed by atoms with van der Waals surface area (Å²) in [4.78, 5) is 32.1. The van der Waals surface area contributed by atoms with Crippen LogP contribution in [-0.2, 0) is 0 Å². The molecule has 532 valence electrons. The molecule has 114 heavy (non-hydrogen) atoms. The summed E-state index contributed by atoms with van der Waals surface area (Å²) in [5.41, 5.74) is 19.7. The van der Waals surface area contributed by atoms with Gasteiger partial charge in [0.25, 0.3) is 0 Å². The maximum Gasteiger partial charge on any atom is 0.165 e. The van der Waals surface area contributed by atoms with Crippen molar-refractivity contribution in [3.8, 4) is 135 Å². The fourth-order valence-corrected chi connectivity index (χ4v) is 18.6. The van der Waals surface area contributed by atoms with Gasteiger partial charge in [0, 0.05) is 73.7 Å². The number of hydrogen-bond acceptors (Lipinski definition) is 8. The van der Waals surface area contributed by atoms with E-state index >= 15 is 0 Å². The molecular formula is C106H66N6S2. The van der Waals surface area contributed by atoms with E-state index in [4.69, 9.17) is 29.9 Å². The Hall–Kier alpha value is -14.5. The van der Waals surface area contributed by atoms with Crippen LogP contribution in [0.1, 0.15) is 0 Å². The van der Waals surface area contributed by atoms with Gasteiger partial charge >= 0.3 is 0 Å². The lowest BCUT2D eigenvalue weighted by atomic mass is 9.90. The second kappa shape index (κ2) is 29.0. The first-order chi connectivity index (χ1) is 56.5. The van der Waals surface area contributed by atoms with Gasteiger partial charge in [-0.1, -0.05) is 370 Å². The van der Waals surface area contributed by atoms with Crippen LogP contribution in [0.3, 0.4) is 0 Å². The molecule has 0 saturated carbocycles. The van der Waals surface area contributed by atoms with Crippen molar-refractivity contribution in [3.63, 3.8) is 0 Å². The van der Waals surface area contributed by atoms with E-state index in [2.05, 4.69) is 388 Å². The summed E-state index contributed by atoms with van der Waals surface area (Å²) in [5, 5.41) is 14.2. The minimum atomic E-state index is 0.635. The predicted octanol–water partition coefficient (Wildman–Crippen LogP) is 29.1. The number of nitrogens with zero attached hydrogens (tertiary/aromatic N) is 6. The van der Waals surface area contributed by atoms with Gasteiger partial charge in [-0.05, 0) is 140 Å². The predicted molar refractivity (Wildman–Crippen MR) is 481 cm³/mol. The summed E-state index contributed by atoms with van der Waals surface area (Å²) in [5.74, 6) is 3.88. The SMILES string of the molecule is c1ccc(-c2ccc(-c3ccc(-c4nc(-c5c(-c6ccc7ccccc7c6)ccc6ccccc56)nc(-c5cccc6c5sc5ccccc56)n4)cc3)cc2)cc1.c1ccc(-c2ccc(-c3ccc(-c4nc(-c5c(-c6cccc7ccccc67)ccc6ccccc56)nc(-c5cccc6c5sc5ccccc56)n4)cc3)cc2)cc1. The lowest BCUT2D eigenvalue weighted by Crippen LogP contribution is -2.02. The quantitative estimate of drug-likeness (QED) is 0.121. The average molecular weight is 1490 g/mol. The van der Waals surface area contributed by atoms with E-state index in [1.165, 1.54) is 84.1 Å². The molecule has 0 aliphatic rings. The molecule has 0 aliphatic carbocycles. The summed E-state index contributed by atoms with van der Waals surface area (Å²) < 4.78 is 4.83. The fourth-order valence-electron chi connectivity index (χ4n) is 16.2. The molecule has 0 spiro atoms. The Balaban J connectivity index is 0.000000143. The van der Waals surface area contributed by atoms with Crippen molar-refractivity contribution >= 4 is 106 Å². The normalized spacial score (nSPS) is 11.5. The van der Waals surface area contributed by atoms with Crippen LogP contribution in [0.5, 0.6) is 0 Å². The molecule has 0 fully saturated rings. The highest BCUT2D eigenvalue weighted by molar-refractivity contribution is 7.26. The first-order valence-corrected chi connectivity index (χ1v) is 40.0. The highest BCUT2D eigenvalue weighted by atomic mass is 32.1. The summed E-state index contributed by atoms with van der Waals surface area (Å²) >= 11 is 3.58. The molecule has 0 N–H and O–H groups in total. The Kier molecular flexibility index (Phi) is 17.2. The van der Waals surface area contributed by atoms with Gasteiger partial charge in [-0.25, -0.2) is 29.9 Å². The molecule has 0 amide bonds. The minimum absolute atomic E-state index is 0.635. The third kappa shape index (κ3) is 12.6. The van der Waals surface area contributed by atoms with Crippen molar-refractivity contribution in [2.75, 3.05) is 0 Å². The summed E-state index contributed by atoms with van der Waals surface area (Å²) in [7, 11) is 0. The largest absolute Gasteiger partial charge is 0.208 e. The van der Waals surface area contributed by atoms with E-state index in [-0.39, 0.29) is 0 Å². The van der Waals surface area contributed by atoms with Gasteiger partial charge in [-0.2, -0.15) is 0 Å². The molecule has 6 nitrogen and oxygen atoms in total. The lowest BCUT2D eigenvalue weighted by molar-refractivity contribution is 1.08. The van der Waals surface area contributed by atoms with Crippen molar-refractivity contribution in [1.29, 1.82) is 0 Å². The zero-order chi connectivity index (χ0) is 75.4. The van der Waals surface area contributed by atoms with Crippen molar-refractivity contribution in [1.82, 2.24) is 29.9 Å². The summed E-state index contributed by atoms with van der Waals surface area (Å²) in [6, 6.07) is 142. The molecule has 4 aromatic heterocycles. The molecule has 4 heterocycles. The maximum atomic E-state index is 5.42. The molecule has 22 rings (SSSR count). The van der Waals surface area contributed by atoms with Crippen LogP contribution in [0.15, 0.2) is 400 Å². The average Bonchev–Trinajstić information content (AvgIpc) is 1.42. The van der Waals surface area contributed by atoms with Crippen LogP contribution in [0.2, 0.25) is 0 Å². The van der Waals surface area contributed by atoms with E-state index in [0.717, 1.165) is 99.4 Å². The van der Waals surface area contributed by atoms with E-state index < -0.39 is 0 Å². The van der Waals surface area contributed by atoms with Crippen LogP contribution in [0.25, 0.3) is 219 Å². The van der Waals surface area contributed by atoms with Gasteiger partial charge in [0.2, 0.25) is 0 Å². The number of thiophene rings is 2. The molecule has 0 aliphatic heterocycles. The molecule has 0 unspecified atom stereocenters. The molecule has 18 aromatic carbocycles. The van der Waals surface area contributed by atoms with E-state index in [0.29, 0.717) is 34.9 Å². The van der Waals surface area contributed by atoms with E-state index in [9.17, 15) is 0 Å². The second-order valence-corrected chi connectivity index (χ2v) is 30.8. The molecule has 0 radical (unpaired) electrons. The third-order valence-corrected chi connectivity index (χ3v) is 24.4. The molecule has 8 heteroatoms. The topological polar surface area (TPSA) is 77.3 Å². The fraction of sp³-hybridized carbons (Fsp3) is 0. The first kappa shape index (κ1) is 67.6.